The Balaban J connectivity index is 1.50. The zero-order valence-corrected chi connectivity index (χ0v) is 13.6. The zero-order chi connectivity index (χ0) is 16.7. The second-order valence-electron chi connectivity index (χ2n) is 6.58. The first kappa shape index (κ1) is 17.8. The molecule has 0 aromatic rings. The Labute approximate surface area is 137 Å². The molecule has 2 rings (SSSR count). The molecule has 0 spiro atoms. The Morgan fingerprint density at radius 2 is 1.87 bits per heavy atom. The molecule has 23 heavy (non-hydrogen) atoms. The lowest BCUT2D eigenvalue weighted by atomic mass is 10.1. The van der Waals surface area contributed by atoms with Gasteiger partial charge in [0.2, 0.25) is 0 Å². The fraction of sp³-hybridized carbons (Fsp3) is 0.765. The third-order valence-corrected chi connectivity index (χ3v) is 4.94. The van der Waals surface area contributed by atoms with Crippen LogP contribution < -0.4 is 11.1 Å². The average molecular weight is 324 g/mol. The van der Waals surface area contributed by atoms with Crippen LogP contribution in [0.25, 0.3) is 0 Å². The maximum atomic E-state index is 11.7. The van der Waals surface area contributed by atoms with E-state index in [2.05, 4.69) is 17.5 Å². The maximum Gasteiger partial charge on any atom is 0.407 e. The highest BCUT2D eigenvalue weighted by Crippen LogP contribution is 2.52. The number of carboxylic acids is 1. The van der Waals surface area contributed by atoms with Crippen LogP contribution in [0.15, 0.2) is 12.2 Å². The van der Waals surface area contributed by atoms with Crippen LogP contribution in [0.4, 0.5) is 4.79 Å². The quantitative estimate of drug-likeness (QED) is 0.470. The van der Waals surface area contributed by atoms with E-state index in [9.17, 15) is 9.59 Å². The number of allylic oxidation sites excluding steroid dienone is 2. The summed E-state index contributed by atoms with van der Waals surface area (Å²) < 4.78 is 5.32. The summed E-state index contributed by atoms with van der Waals surface area (Å²) in [7, 11) is 0. The third kappa shape index (κ3) is 5.86. The second kappa shape index (κ2) is 8.91. The van der Waals surface area contributed by atoms with Gasteiger partial charge in [-0.15, -0.1) is 0 Å². The monoisotopic (exact) mass is 324 g/mol. The molecule has 6 nitrogen and oxygen atoms in total. The van der Waals surface area contributed by atoms with Crippen LogP contribution >= 0.6 is 0 Å². The van der Waals surface area contributed by atoms with E-state index in [1.165, 1.54) is 12.8 Å². The van der Waals surface area contributed by atoms with Crippen molar-refractivity contribution in [2.45, 2.75) is 51.0 Å². The second-order valence-corrected chi connectivity index (χ2v) is 6.58. The van der Waals surface area contributed by atoms with E-state index < -0.39 is 12.0 Å². The summed E-state index contributed by atoms with van der Waals surface area (Å²) in [5.74, 6) is 1.01. The van der Waals surface area contributed by atoms with Crippen molar-refractivity contribution in [3.05, 3.63) is 12.2 Å². The van der Waals surface area contributed by atoms with Gasteiger partial charge in [-0.3, -0.25) is 4.79 Å². The largest absolute Gasteiger partial charge is 0.480 e. The van der Waals surface area contributed by atoms with Crippen molar-refractivity contribution in [1.82, 2.24) is 5.32 Å². The topological polar surface area (TPSA) is 102 Å². The lowest BCUT2D eigenvalue weighted by molar-refractivity contribution is -0.138. The SMILES string of the molecule is N[C@@H](CCCCNC(=O)OCC1[C@H]2CC/C=C/CC[C@@H]12)C(=O)O. The van der Waals surface area contributed by atoms with E-state index in [4.69, 9.17) is 15.6 Å². The number of carboxylic acid groups (broad SMARTS) is 1. The van der Waals surface area contributed by atoms with Crippen LogP contribution in [0.2, 0.25) is 0 Å². The summed E-state index contributed by atoms with van der Waals surface area (Å²) in [6, 6.07) is -0.817. The fourth-order valence-electron chi connectivity index (χ4n) is 3.47. The van der Waals surface area contributed by atoms with Gasteiger partial charge in [0, 0.05) is 6.54 Å². The molecule has 2 aliphatic carbocycles. The summed E-state index contributed by atoms with van der Waals surface area (Å²) in [6.07, 6.45) is 10.6. The molecule has 130 valence electrons. The first-order chi connectivity index (χ1) is 11.1. The first-order valence-electron chi connectivity index (χ1n) is 8.63. The average Bonchev–Trinajstić information content (AvgIpc) is 3.14. The number of carbonyl (C=O) groups is 2. The summed E-state index contributed by atoms with van der Waals surface area (Å²) in [4.78, 5) is 22.2. The number of hydrogen-bond acceptors (Lipinski definition) is 4. The molecule has 0 aromatic heterocycles. The molecule has 1 fully saturated rings. The van der Waals surface area contributed by atoms with Crippen molar-refractivity contribution in [2.75, 3.05) is 13.2 Å². The number of nitrogens with two attached hydrogens (primary N) is 1. The molecule has 0 aliphatic heterocycles. The van der Waals surface area contributed by atoms with Gasteiger partial charge in [-0.05, 0) is 62.7 Å². The standard InChI is InChI=1S/C17H28N2O4/c18-15(16(20)21)9-5-6-10-19-17(22)23-11-14-12-7-3-1-2-4-8-13(12)14/h1-2,12-15H,3-11,18H2,(H,19,22)(H,20,21)/b2-1+/t12-,13+,14?,15-/m0/s1. The summed E-state index contributed by atoms with van der Waals surface area (Å²) >= 11 is 0. The van der Waals surface area contributed by atoms with E-state index in [-0.39, 0.29) is 6.09 Å². The van der Waals surface area contributed by atoms with Gasteiger partial charge in [-0.2, -0.15) is 0 Å². The van der Waals surface area contributed by atoms with Crippen LogP contribution in [0, 0.1) is 17.8 Å². The van der Waals surface area contributed by atoms with Gasteiger partial charge in [0.05, 0.1) is 6.61 Å². The Kier molecular flexibility index (Phi) is 6.89. The van der Waals surface area contributed by atoms with Gasteiger partial charge in [-0.1, -0.05) is 12.2 Å². The summed E-state index contributed by atoms with van der Waals surface area (Å²) in [5, 5.41) is 11.4. The Bertz CT molecular complexity index is 422. The van der Waals surface area contributed by atoms with Crippen LogP contribution in [0.1, 0.15) is 44.9 Å². The van der Waals surface area contributed by atoms with Crippen LogP contribution in [0.5, 0.6) is 0 Å². The molecule has 0 saturated heterocycles. The lowest BCUT2D eigenvalue weighted by Gasteiger charge is -2.08. The van der Waals surface area contributed by atoms with Crippen molar-refractivity contribution in [3.63, 3.8) is 0 Å². The minimum Gasteiger partial charge on any atom is -0.480 e. The zero-order valence-electron chi connectivity index (χ0n) is 13.6. The first-order valence-corrected chi connectivity index (χ1v) is 8.63. The van der Waals surface area contributed by atoms with Crippen molar-refractivity contribution < 1.29 is 19.4 Å². The molecular weight excluding hydrogens is 296 g/mol. The molecular formula is C17H28N2O4. The number of hydrogen-bond donors (Lipinski definition) is 3. The number of fused-ring (bicyclic) bond motifs is 1. The highest BCUT2D eigenvalue weighted by atomic mass is 16.5. The molecule has 1 unspecified atom stereocenters. The molecule has 4 atom stereocenters. The van der Waals surface area contributed by atoms with E-state index in [0.717, 1.165) is 24.7 Å². The van der Waals surface area contributed by atoms with Crippen LogP contribution in [-0.4, -0.2) is 36.4 Å². The minimum atomic E-state index is -0.981. The minimum absolute atomic E-state index is 0.370. The molecule has 6 heteroatoms. The van der Waals surface area contributed by atoms with Gasteiger partial charge in [0.1, 0.15) is 6.04 Å². The molecule has 4 N–H and O–H groups in total. The van der Waals surface area contributed by atoms with Crippen molar-refractivity contribution in [3.8, 4) is 0 Å². The van der Waals surface area contributed by atoms with E-state index in [1.54, 1.807) is 0 Å². The molecule has 1 saturated carbocycles. The third-order valence-electron chi connectivity index (χ3n) is 4.94. The molecule has 0 bridgehead atoms. The van der Waals surface area contributed by atoms with E-state index >= 15 is 0 Å². The maximum absolute atomic E-state index is 11.7. The van der Waals surface area contributed by atoms with Crippen molar-refractivity contribution >= 4 is 12.1 Å². The van der Waals surface area contributed by atoms with Crippen LogP contribution in [-0.2, 0) is 9.53 Å². The Morgan fingerprint density at radius 1 is 1.22 bits per heavy atom. The smallest absolute Gasteiger partial charge is 0.407 e. The number of aliphatic carboxylic acids is 1. The number of carbonyl (C=O) groups excluding carboxylic acids is 1. The number of rotatable bonds is 8. The Hall–Kier alpha value is -1.56. The predicted octanol–water partition coefficient (Wildman–Crippen LogP) is 2.29. The molecule has 2 aliphatic rings. The van der Waals surface area contributed by atoms with Gasteiger partial charge < -0.3 is 20.9 Å². The predicted molar refractivity (Wildman–Crippen MR) is 86.9 cm³/mol. The number of nitrogens with one attached hydrogen (secondary N) is 1. The molecule has 0 heterocycles. The summed E-state index contributed by atoms with van der Waals surface area (Å²) in [5.41, 5.74) is 5.41. The Morgan fingerprint density at radius 3 is 2.48 bits per heavy atom. The normalized spacial score (nSPS) is 28.7. The number of ether oxygens (including phenoxy) is 1. The summed E-state index contributed by atoms with van der Waals surface area (Å²) in [6.45, 7) is 1.01. The lowest BCUT2D eigenvalue weighted by Crippen LogP contribution is -2.30. The molecule has 1 amide bonds. The van der Waals surface area contributed by atoms with Gasteiger partial charge in [-0.25, -0.2) is 4.79 Å². The molecule has 0 aromatic carbocycles. The van der Waals surface area contributed by atoms with Crippen LogP contribution in [0.3, 0.4) is 0 Å². The van der Waals surface area contributed by atoms with Crippen molar-refractivity contribution in [2.24, 2.45) is 23.5 Å². The van der Waals surface area contributed by atoms with Crippen molar-refractivity contribution in [1.29, 1.82) is 0 Å². The fourth-order valence-corrected chi connectivity index (χ4v) is 3.47. The van der Waals surface area contributed by atoms with Gasteiger partial charge in [0.15, 0.2) is 0 Å². The van der Waals surface area contributed by atoms with Gasteiger partial charge >= 0.3 is 12.1 Å². The highest BCUT2D eigenvalue weighted by Gasteiger charge is 2.49. The number of amides is 1. The number of alkyl carbamates (subject to hydrolysis) is 1. The van der Waals surface area contributed by atoms with E-state index in [0.29, 0.717) is 38.3 Å². The van der Waals surface area contributed by atoms with Gasteiger partial charge in [0.25, 0.3) is 0 Å². The van der Waals surface area contributed by atoms with E-state index in [1.807, 2.05) is 0 Å². The molecule has 0 radical (unpaired) electrons. The number of unbranched alkanes of at least 4 members (excludes halogenated alkanes) is 1. The highest BCUT2D eigenvalue weighted by molar-refractivity contribution is 5.72.